The van der Waals surface area contributed by atoms with Crippen molar-refractivity contribution in [2.75, 3.05) is 6.61 Å². The number of nitrogens with one attached hydrogen (secondary N) is 1. The van der Waals surface area contributed by atoms with Gasteiger partial charge in [0.25, 0.3) is 0 Å². The first kappa shape index (κ1) is 18.0. The third-order valence-corrected chi connectivity index (χ3v) is 5.06. The minimum Gasteiger partial charge on any atom is -0.481 e. The first-order chi connectivity index (χ1) is 9.90. The predicted molar refractivity (Wildman–Crippen MR) is 80.7 cm³/mol. The lowest BCUT2D eigenvalue weighted by molar-refractivity contribution is -0.143. The highest BCUT2D eigenvalue weighted by molar-refractivity contribution is 5.73. The van der Waals surface area contributed by atoms with Gasteiger partial charge in [-0.1, -0.05) is 13.3 Å². The van der Waals surface area contributed by atoms with Crippen molar-refractivity contribution in [1.82, 2.24) is 5.32 Å². The van der Waals surface area contributed by atoms with Gasteiger partial charge in [0.05, 0.1) is 5.92 Å². The van der Waals surface area contributed by atoms with E-state index in [4.69, 9.17) is 0 Å². The Balaban J connectivity index is 2.60. The molecule has 0 saturated heterocycles. The van der Waals surface area contributed by atoms with Crippen molar-refractivity contribution in [3.63, 3.8) is 0 Å². The number of carboxylic acids is 1. The topological polar surface area (TPSA) is 86.6 Å². The summed E-state index contributed by atoms with van der Waals surface area (Å²) < 4.78 is 0. The maximum absolute atomic E-state index is 11.3. The molecule has 0 heterocycles. The van der Waals surface area contributed by atoms with Crippen molar-refractivity contribution in [2.45, 2.75) is 58.9 Å². The van der Waals surface area contributed by atoms with Crippen LogP contribution in [-0.4, -0.2) is 34.7 Å². The number of rotatable bonds is 8. The van der Waals surface area contributed by atoms with Gasteiger partial charge in [0, 0.05) is 19.6 Å². The summed E-state index contributed by atoms with van der Waals surface area (Å²) in [5.74, 6) is -0.567. The number of carbonyl (C=O) groups excluding carboxylic acids is 1. The molecule has 3 N–H and O–H groups in total. The van der Waals surface area contributed by atoms with Crippen molar-refractivity contribution in [3.8, 4) is 0 Å². The normalized spacial score (nSPS) is 28.1. The first-order valence-electron chi connectivity index (χ1n) is 8.01. The van der Waals surface area contributed by atoms with Crippen LogP contribution in [0.4, 0.5) is 0 Å². The number of amides is 1. The third-order valence-electron chi connectivity index (χ3n) is 5.06. The molecule has 0 aromatic rings. The Kier molecular flexibility index (Phi) is 7.15. The Morgan fingerprint density at radius 1 is 1.33 bits per heavy atom. The van der Waals surface area contributed by atoms with Crippen LogP contribution in [0.3, 0.4) is 0 Å². The van der Waals surface area contributed by atoms with Crippen LogP contribution in [0.2, 0.25) is 0 Å². The van der Waals surface area contributed by atoms with Gasteiger partial charge < -0.3 is 15.5 Å². The quantitative estimate of drug-likeness (QED) is 0.640. The second-order valence-corrected chi connectivity index (χ2v) is 6.36. The molecule has 21 heavy (non-hydrogen) atoms. The summed E-state index contributed by atoms with van der Waals surface area (Å²) in [5, 5.41) is 21.7. The molecule has 0 aromatic carbocycles. The number of carboxylic acid groups (broad SMARTS) is 1. The molecule has 5 nitrogen and oxygen atoms in total. The molecule has 1 fully saturated rings. The fraction of sp³-hybridized carbons (Fsp3) is 0.875. The fourth-order valence-electron chi connectivity index (χ4n) is 3.77. The molecule has 5 heteroatoms. The zero-order valence-electron chi connectivity index (χ0n) is 13.3. The molecule has 122 valence electrons. The van der Waals surface area contributed by atoms with E-state index in [-0.39, 0.29) is 36.3 Å². The second kappa shape index (κ2) is 8.37. The average molecular weight is 299 g/mol. The van der Waals surface area contributed by atoms with Crippen LogP contribution < -0.4 is 5.32 Å². The number of hydrogen-bond acceptors (Lipinski definition) is 3. The van der Waals surface area contributed by atoms with Gasteiger partial charge in [-0.2, -0.15) is 0 Å². The minimum atomic E-state index is -0.737. The lowest BCUT2D eigenvalue weighted by Crippen LogP contribution is -2.37. The number of aliphatic carboxylic acids is 1. The largest absolute Gasteiger partial charge is 0.481 e. The molecule has 0 radical (unpaired) electrons. The summed E-state index contributed by atoms with van der Waals surface area (Å²) in [6.07, 6.45) is 4.13. The zero-order valence-corrected chi connectivity index (χ0v) is 13.3. The Labute approximate surface area is 127 Å². The average Bonchev–Trinajstić information content (AvgIpc) is 2.81. The van der Waals surface area contributed by atoms with Gasteiger partial charge in [-0.15, -0.1) is 0 Å². The molecule has 1 saturated carbocycles. The van der Waals surface area contributed by atoms with Crippen LogP contribution in [0.15, 0.2) is 0 Å². The van der Waals surface area contributed by atoms with E-state index in [9.17, 15) is 19.8 Å². The number of hydrogen-bond donors (Lipinski definition) is 3. The molecule has 1 aliphatic carbocycles. The molecule has 1 aliphatic rings. The number of aliphatic hydroxyl groups excluding tert-OH is 1. The van der Waals surface area contributed by atoms with Gasteiger partial charge in [0.2, 0.25) is 5.91 Å². The molecule has 0 aromatic heterocycles. The van der Waals surface area contributed by atoms with Crippen molar-refractivity contribution in [3.05, 3.63) is 0 Å². The van der Waals surface area contributed by atoms with Crippen LogP contribution in [0.5, 0.6) is 0 Å². The van der Waals surface area contributed by atoms with Crippen LogP contribution in [0.25, 0.3) is 0 Å². The highest BCUT2D eigenvalue weighted by atomic mass is 16.4. The molecule has 1 amide bonds. The van der Waals surface area contributed by atoms with Crippen LogP contribution in [0.1, 0.15) is 52.9 Å². The van der Waals surface area contributed by atoms with E-state index in [0.29, 0.717) is 12.3 Å². The van der Waals surface area contributed by atoms with E-state index in [1.165, 1.54) is 6.92 Å². The Morgan fingerprint density at radius 3 is 2.48 bits per heavy atom. The SMILES string of the molecule is CCC(CCC1[C@H](CO)CC[C@H]1C(=O)O)[C@H](C)NC(C)=O. The summed E-state index contributed by atoms with van der Waals surface area (Å²) in [6, 6.07) is 0.102. The fourth-order valence-corrected chi connectivity index (χ4v) is 3.77. The molecule has 0 aliphatic heterocycles. The van der Waals surface area contributed by atoms with Gasteiger partial charge in [0.15, 0.2) is 0 Å². The van der Waals surface area contributed by atoms with Gasteiger partial charge >= 0.3 is 5.97 Å². The van der Waals surface area contributed by atoms with E-state index in [0.717, 1.165) is 25.7 Å². The minimum absolute atomic E-state index is 0.0292. The van der Waals surface area contributed by atoms with Gasteiger partial charge in [0.1, 0.15) is 0 Å². The summed E-state index contributed by atoms with van der Waals surface area (Å²) in [6.45, 7) is 5.69. The predicted octanol–water partition coefficient (Wildman–Crippen LogP) is 2.04. The van der Waals surface area contributed by atoms with Gasteiger partial charge in [-0.05, 0) is 50.4 Å². The van der Waals surface area contributed by atoms with E-state index in [2.05, 4.69) is 12.2 Å². The first-order valence-corrected chi connectivity index (χ1v) is 8.01. The molecular weight excluding hydrogens is 270 g/mol. The summed E-state index contributed by atoms with van der Waals surface area (Å²) in [4.78, 5) is 22.5. The van der Waals surface area contributed by atoms with Crippen molar-refractivity contribution >= 4 is 11.9 Å². The lowest BCUT2D eigenvalue weighted by Gasteiger charge is -2.27. The molecule has 1 rings (SSSR count). The highest BCUT2D eigenvalue weighted by Gasteiger charge is 2.39. The third kappa shape index (κ3) is 4.99. The van der Waals surface area contributed by atoms with Crippen molar-refractivity contribution in [2.24, 2.45) is 23.7 Å². The van der Waals surface area contributed by atoms with Crippen LogP contribution in [-0.2, 0) is 9.59 Å². The number of aliphatic hydroxyl groups is 1. The maximum atomic E-state index is 11.3. The van der Waals surface area contributed by atoms with E-state index in [1.54, 1.807) is 0 Å². The summed E-state index contributed by atoms with van der Waals surface area (Å²) >= 11 is 0. The Hall–Kier alpha value is -1.10. The summed E-state index contributed by atoms with van der Waals surface area (Å²) in [7, 11) is 0. The van der Waals surface area contributed by atoms with Gasteiger partial charge in [-0.25, -0.2) is 0 Å². The van der Waals surface area contributed by atoms with E-state index >= 15 is 0 Å². The molecular formula is C16H29NO4. The van der Waals surface area contributed by atoms with E-state index in [1.807, 2.05) is 6.92 Å². The monoisotopic (exact) mass is 299 g/mol. The molecule has 0 spiro atoms. The lowest BCUT2D eigenvalue weighted by atomic mass is 9.81. The van der Waals surface area contributed by atoms with Crippen LogP contribution in [0, 0.1) is 23.7 Å². The molecule has 5 atom stereocenters. The van der Waals surface area contributed by atoms with Gasteiger partial charge in [-0.3, -0.25) is 9.59 Å². The number of carbonyl (C=O) groups is 2. The smallest absolute Gasteiger partial charge is 0.306 e. The summed E-state index contributed by atoms with van der Waals surface area (Å²) in [5.41, 5.74) is 0. The Bertz CT molecular complexity index is 358. The molecule has 2 unspecified atom stereocenters. The standard InChI is InChI=1S/C16H29NO4/c1-4-12(10(2)17-11(3)19)5-7-14-13(9-18)6-8-15(14)16(20)21/h10,12-15,18H,4-9H2,1-3H3,(H,17,19)(H,20,21)/t10-,12?,13-,14?,15+/m0/s1. The second-order valence-electron chi connectivity index (χ2n) is 6.36. The van der Waals surface area contributed by atoms with Crippen molar-refractivity contribution in [1.29, 1.82) is 0 Å². The van der Waals surface area contributed by atoms with Crippen molar-refractivity contribution < 1.29 is 19.8 Å². The zero-order chi connectivity index (χ0) is 16.0. The van der Waals surface area contributed by atoms with Crippen LogP contribution >= 0.6 is 0 Å². The maximum Gasteiger partial charge on any atom is 0.306 e. The molecule has 0 bridgehead atoms. The van der Waals surface area contributed by atoms with E-state index < -0.39 is 5.97 Å². The highest BCUT2D eigenvalue weighted by Crippen LogP contribution is 2.41. The Morgan fingerprint density at radius 2 is 2.00 bits per heavy atom.